The van der Waals surface area contributed by atoms with Gasteiger partial charge >= 0.3 is 0 Å². The van der Waals surface area contributed by atoms with Crippen molar-refractivity contribution in [2.24, 2.45) is 0 Å². The molecular formula is C15H24ClNO. The molecule has 0 amide bonds. The van der Waals surface area contributed by atoms with Crippen LogP contribution in [0.1, 0.15) is 37.3 Å². The molecule has 0 bridgehead atoms. The molecule has 0 aromatic heterocycles. The van der Waals surface area contributed by atoms with Crippen LogP contribution in [0.2, 0.25) is 5.02 Å². The van der Waals surface area contributed by atoms with E-state index in [-0.39, 0.29) is 6.10 Å². The number of hydrogen-bond donors (Lipinski definition) is 1. The molecule has 1 N–H and O–H groups in total. The van der Waals surface area contributed by atoms with Crippen LogP contribution < -0.4 is 10.1 Å². The van der Waals surface area contributed by atoms with Gasteiger partial charge in [0.25, 0.3) is 0 Å². The van der Waals surface area contributed by atoms with Gasteiger partial charge in [0.2, 0.25) is 0 Å². The van der Waals surface area contributed by atoms with Gasteiger partial charge in [0.05, 0.1) is 6.10 Å². The number of rotatable bonds is 7. The summed E-state index contributed by atoms with van der Waals surface area (Å²) in [5, 5.41) is 4.01. The SMILES string of the molecule is CCC[C@@H](CCNC)Oc1cc(C)c(Cl)c(C)c1. The summed E-state index contributed by atoms with van der Waals surface area (Å²) in [7, 11) is 1.97. The molecule has 0 heterocycles. The van der Waals surface area contributed by atoms with E-state index in [1.807, 2.05) is 33.0 Å². The number of benzene rings is 1. The van der Waals surface area contributed by atoms with Gasteiger partial charge in [-0.15, -0.1) is 0 Å². The Morgan fingerprint density at radius 3 is 2.33 bits per heavy atom. The summed E-state index contributed by atoms with van der Waals surface area (Å²) in [4.78, 5) is 0. The van der Waals surface area contributed by atoms with Gasteiger partial charge in [-0.1, -0.05) is 24.9 Å². The van der Waals surface area contributed by atoms with Crippen molar-refractivity contribution in [1.82, 2.24) is 5.32 Å². The normalized spacial score (nSPS) is 12.5. The van der Waals surface area contributed by atoms with Gasteiger partial charge in [0.15, 0.2) is 0 Å². The molecule has 1 atom stereocenters. The van der Waals surface area contributed by atoms with Gasteiger partial charge in [-0.2, -0.15) is 0 Å². The largest absolute Gasteiger partial charge is 0.490 e. The van der Waals surface area contributed by atoms with E-state index < -0.39 is 0 Å². The molecule has 0 saturated heterocycles. The van der Waals surface area contributed by atoms with Gasteiger partial charge in [0.1, 0.15) is 5.75 Å². The molecule has 102 valence electrons. The molecule has 3 heteroatoms. The summed E-state index contributed by atoms with van der Waals surface area (Å²) in [6.07, 6.45) is 3.54. The lowest BCUT2D eigenvalue weighted by Gasteiger charge is -2.19. The van der Waals surface area contributed by atoms with E-state index in [1.165, 1.54) is 0 Å². The van der Waals surface area contributed by atoms with Crippen molar-refractivity contribution in [3.63, 3.8) is 0 Å². The lowest BCUT2D eigenvalue weighted by atomic mass is 10.1. The predicted molar refractivity (Wildman–Crippen MR) is 78.8 cm³/mol. The third-order valence-electron chi connectivity index (χ3n) is 3.04. The second-order valence-corrected chi connectivity index (χ2v) is 5.17. The Balaban J connectivity index is 2.73. The van der Waals surface area contributed by atoms with Crippen LogP contribution in [0, 0.1) is 13.8 Å². The van der Waals surface area contributed by atoms with Crippen molar-refractivity contribution in [3.05, 3.63) is 28.3 Å². The standard InChI is InChI=1S/C15H24ClNO/c1-5-6-13(7-8-17-4)18-14-9-11(2)15(16)12(3)10-14/h9-10,13,17H,5-8H2,1-4H3/t13-/m0/s1. The number of aryl methyl sites for hydroxylation is 2. The quantitative estimate of drug-likeness (QED) is 0.804. The van der Waals surface area contributed by atoms with E-state index in [0.29, 0.717) is 0 Å². The smallest absolute Gasteiger partial charge is 0.120 e. The second-order valence-electron chi connectivity index (χ2n) is 4.79. The molecule has 0 spiro atoms. The monoisotopic (exact) mass is 269 g/mol. The first-order chi connectivity index (χ1) is 8.58. The van der Waals surface area contributed by atoms with E-state index >= 15 is 0 Å². The molecule has 2 nitrogen and oxygen atoms in total. The van der Waals surface area contributed by atoms with Gasteiger partial charge in [-0.25, -0.2) is 0 Å². The van der Waals surface area contributed by atoms with Crippen LogP contribution in [0.5, 0.6) is 5.75 Å². The molecular weight excluding hydrogens is 246 g/mol. The van der Waals surface area contributed by atoms with Gasteiger partial charge < -0.3 is 10.1 Å². The first-order valence-electron chi connectivity index (χ1n) is 6.66. The minimum absolute atomic E-state index is 0.280. The molecule has 1 rings (SSSR count). The summed E-state index contributed by atoms with van der Waals surface area (Å²) in [5.74, 6) is 0.934. The number of nitrogens with one attached hydrogen (secondary N) is 1. The molecule has 0 unspecified atom stereocenters. The van der Waals surface area contributed by atoms with Crippen molar-refractivity contribution in [2.75, 3.05) is 13.6 Å². The lowest BCUT2D eigenvalue weighted by Crippen LogP contribution is -2.22. The van der Waals surface area contributed by atoms with Crippen molar-refractivity contribution < 1.29 is 4.74 Å². The molecule has 0 fully saturated rings. The Hall–Kier alpha value is -0.730. The average molecular weight is 270 g/mol. The first kappa shape index (κ1) is 15.3. The average Bonchev–Trinajstić information content (AvgIpc) is 2.33. The van der Waals surface area contributed by atoms with Crippen molar-refractivity contribution >= 4 is 11.6 Å². The summed E-state index contributed by atoms with van der Waals surface area (Å²) >= 11 is 6.17. The summed E-state index contributed by atoms with van der Waals surface area (Å²) in [5.41, 5.74) is 2.16. The molecule has 0 saturated carbocycles. The summed E-state index contributed by atoms with van der Waals surface area (Å²) < 4.78 is 6.07. The Kier molecular flexibility index (Phi) is 6.51. The minimum Gasteiger partial charge on any atom is -0.490 e. The third-order valence-corrected chi connectivity index (χ3v) is 3.64. The maximum atomic E-state index is 6.17. The Morgan fingerprint density at radius 2 is 1.83 bits per heavy atom. The van der Waals surface area contributed by atoms with E-state index in [0.717, 1.165) is 47.7 Å². The van der Waals surface area contributed by atoms with Crippen LogP contribution in [0.3, 0.4) is 0 Å². The molecule has 0 aliphatic carbocycles. The Bertz CT molecular complexity index is 356. The molecule has 0 aliphatic rings. The molecule has 0 radical (unpaired) electrons. The predicted octanol–water partition coefficient (Wildman–Crippen LogP) is 4.11. The van der Waals surface area contributed by atoms with Crippen LogP contribution in [-0.4, -0.2) is 19.7 Å². The maximum absolute atomic E-state index is 6.17. The maximum Gasteiger partial charge on any atom is 0.120 e. The third kappa shape index (κ3) is 4.51. The zero-order valence-electron chi connectivity index (χ0n) is 11.8. The van der Waals surface area contributed by atoms with E-state index in [9.17, 15) is 0 Å². The van der Waals surface area contributed by atoms with Gasteiger partial charge in [0, 0.05) is 5.02 Å². The summed E-state index contributed by atoms with van der Waals surface area (Å²) in [6, 6.07) is 4.05. The Morgan fingerprint density at radius 1 is 1.22 bits per heavy atom. The summed E-state index contributed by atoms with van der Waals surface area (Å²) in [6.45, 7) is 7.21. The Labute approximate surface area is 116 Å². The highest BCUT2D eigenvalue weighted by atomic mass is 35.5. The highest BCUT2D eigenvalue weighted by Gasteiger charge is 2.11. The fourth-order valence-electron chi connectivity index (χ4n) is 2.06. The first-order valence-corrected chi connectivity index (χ1v) is 7.04. The fraction of sp³-hybridized carbons (Fsp3) is 0.600. The zero-order chi connectivity index (χ0) is 13.5. The van der Waals surface area contributed by atoms with Crippen LogP contribution in [-0.2, 0) is 0 Å². The molecule has 1 aromatic rings. The number of ether oxygens (including phenoxy) is 1. The zero-order valence-corrected chi connectivity index (χ0v) is 12.6. The fourth-order valence-corrected chi connectivity index (χ4v) is 2.17. The van der Waals surface area contributed by atoms with Crippen molar-refractivity contribution in [2.45, 2.75) is 46.1 Å². The highest BCUT2D eigenvalue weighted by molar-refractivity contribution is 6.32. The topological polar surface area (TPSA) is 21.3 Å². The molecule has 1 aromatic carbocycles. The van der Waals surface area contributed by atoms with E-state index in [4.69, 9.17) is 16.3 Å². The van der Waals surface area contributed by atoms with Crippen molar-refractivity contribution in [1.29, 1.82) is 0 Å². The van der Waals surface area contributed by atoms with Gasteiger partial charge in [-0.3, -0.25) is 0 Å². The highest BCUT2D eigenvalue weighted by Crippen LogP contribution is 2.27. The number of hydrogen-bond acceptors (Lipinski definition) is 2. The van der Waals surface area contributed by atoms with Gasteiger partial charge in [-0.05, 0) is 63.5 Å². The van der Waals surface area contributed by atoms with Crippen LogP contribution in [0.4, 0.5) is 0 Å². The van der Waals surface area contributed by atoms with Crippen LogP contribution in [0.15, 0.2) is 12.1 Å². The van der Waals surface area contributed by atoms with E-state index in [2.05, 4.69) is 12.2 Å². The van der Waals surface area contributed by atoms with Crippen molar-refractivity contribution in [3.8, 4) is 5.75 Å². The molecule has 18 heavy (non-hydrogen) atoms. The lowest BCUT2D eigenvalue weighted by molar-refractivity contribution is 0.180. The number of halogens is 1. The van der Waals surface area contributed by atoms with Crippen LogP contribution >= 0.6 is 11.6 Å². The molecule has 0 aliphatic heterocycles. The second kappa shape index (κ2) is 7.65. The van der Waals surface area contributed by atoms with E-state index in [1.54, 1.807) is 0 Å². The minimum atomic E-state index is 0.280. The van der Waals surface area contributed by atoms with Crippen LogP contribution in [0.25, 0.3) is 0 Å².